The third-order valence-electron chi connectivity index (χ3n) is 2.67. The molecule has 0 saturated heterocycles. The average Bonchev–Trinajstić information content (AvgIpc) is 2.38. The van der Waals surface area contributed by atoms with Gasteiger partial charge in [0.25, 0.3) is 0 Å². The first-order valence-electron chi connectivity index (χ1n) is 6.08. The van der Waals surface area contributed by atoms with E-state index < -0.39 is 6.04 Å². The Bertz CT molecular complexity index is 471. The lowest BCUT2D eigenvalue weighted by molar-refractivity contribution is -0.117. The lowest BCUT2D eigenvalue weighted by atomic mass is 10.1. The van der Waals surface area contributed by atoms with E-state index in [0.29, 0.717) is 34.0 Å². The highest BCUT2D eigenvalue weighted by molar-refractivity contribution is 9.10. The molecule has 1 aromatic carbocycles. The van der Waals surface area contributed by atoms with Crippen molar-refractivity contribution in [3.05, 3.63) is 21.6 Å². The Balaban J connectivity index is 2.74. The van der Waals surface area contributed by atoms with Crippen molar-refractivity contribution in [2.45, 2.75) is 18.9 Å². The van der Waals surface area contributed by atoms with E-state index >= 15 is 0 Å². The Labute approximate surface area is 131 Å². The van der Waals surface area contributed by atoms with E-state index in [1.54, 1.807) is 19.2 Å². The second-order valence-electron chi connectivity index (χ2n) is 4.20. The zero-order valence-electron chi connectivity index (χ0n) is 11.4. The van der Waals surface area contributed by atoms with Gasteiger partial charge in [-0.05, 0) is 40.9 Å². The molecule has 0 fully saturated rings. The van der Waals surface area contributed by atoms with Crippen LogP contribution in [-0.2, 0) is 9.53 Å². The summed E-state index contributed by atoms with van der Waals surface area (Å²) in [6.45, 7) is 0.576. The predicted molar refractivity (Wildman–Crippen MR) is 83.4 cm³/mol. The summed E-state index contributed by atoms with van der Waals surface area (Å²) >= 11 is 9.29. The van der Waals surface area contributed by atoms with Crippen molar-refractivity contribution in [2.75, 3.05) is 26.1 Å². The van der Waals surface area contributed by atoms with E-state index in [2.05, 4.69) is 21.2 Å². The molecule has 20 heavy (non-hydrogen) atoms. The number of amides is 1. The molecule has 0 saturated carbocycles. The highest BCUT2D eigenvalue weighted by Crippen LogP contribution is 2.36. The summed E-state index contributed by atoms with van der Waals surface area (Å²) in [5.74, 6) is 0.223. The lowest BCUT2D eigenvalue weighted by Crippen LogP contribution is -2.35. The molecule has 1 atom stereocenters. The number of halogens is 2. The molecule has 0 aliphatic heterocycles. The molecule has 0 radical (unpaired) electrons. The maximum atomic E-state index is 12.0. The predicted octanol–water partition coefficient (Wildman–Crippen LogP) is 2.80. The molecule has 0 heterocycles. The Morgan fingerprint density at radius 3 is 2.80 bits per heavy atom. The topological polar surface area (TPSA) is 73.6 Å². The van der Waals surface area contributed by atoms with Crippen LogP contribution >= 0.6 is 27.5 Å². The van der Waals surface area contributed by atoms with Gasteiger partial charge in [0, 0.05) is 18.7 Å². The smallest absolute Gasteiger partial charge is 0.241 e. The SMILES string of the molecule is COCCCC(N)C(=O)Nc1cc(Cl)cc(Br)c1OC. The van der Waals surface area contributed by atoms with E-state index in [0.717, 1.165) is 6.42 Å². The number of rotatable bonds is 7. The van der Waals surface area contributed by atoms with Crippen molar-refractivity contribution in [3.8, 4) is 5.75 Å². The molecule has 0 aliphatic rings. The molecule has 1 amide bonds. The largest absolute Gasteiger partial charge is 0.493 e. The van der Waals surface area contributed by atoms with Crippen LogP contribution in [0.4, 0.5) is 5.69 Å². The van der Waals surface area contributed by atoms with E-state index in [9.17, 15) is 4.79 Å². The Kier molecular flexibility index (Phi) is 7.29. The third kappa shape index (κ3) is 4.94. The van der Waals surface area contributed by atoms with Crippen LogP contribution in [0.25, 0.3) is 0 Å². The first-order chi connectivity index (χ1) is 9.49. The zero-order chi connectivity index (χ0) is 15.1. The molecule has 0 aromatic heterocycles. The van der Waals surface area contributed by atoms with Gasteiger partial charge in [0.05, 0.1) is 23.3 Å². The standard InChI is InChI=1S/C13H18BrClN2O3/c1-19-5-3-4-10(16)13(18)17-11-7-8(15)6-9(14)12(11)20-2/h6-7,10H,3-5,16H2,1-2H3,(H,17,18). The van der Waals surface area contributed by atoms with Crippen LogP contribution in [0.1, 0.15) is 12.8 Å². The van der Waals surface area contributed by atoms with Crippen LogP contribution in [0, 0.1) is 0 Å². The van der Waals surface area contributed by atoms with Gasteiger partial charge in [-0.2, -0.15) is 0 Å². The molecule has 1 rings (SSSR count). The van der Waals surface area contributed by atoms with Crippen LogP contribution in [0.2, 0.25) is 5.02 Å². The van der Waals surface area contributed by atoms with Gasteiger partial charge in [-0.15, -0.1) is 0 Å². The van der Waals surface area contributed by atoms with Gasteiger partial charge in [0.2, 0.25) is 5.91 Å². The molecule has 3 N–H and O–H groups in total. The van der Waals surface area contributed by atoms with Crippen molar-refractivity contribution in [1.82, 2.24) is 0 Å². The van der Waals surface area contributed by atoms with Crippen molar-refractivity contribution >= 4 is 39.1 Å². The van der Waals surface area contributed by atoms with Gasteiger partial charge in [-0.1, -0.05) is 11.6 Å². The number of ether oxygens (including phenoxy) is 2. The second kappa shape index (κ2) is 8.46. The Morgan fingerprint density at radius 1 is 1.50 bits per heavy atom. The lowest BCUT2D eigenvalue weighted by Gasteiger charge is -2.15. The minimum Gasteiger partial charge on any atom is -0.493 e. The number of benzene rings is 1. The van der Waals surface area contributed by atoms with Gasteiger partial charge >= 0.3 is 0 Å². The van der Waals surface area contributed by atoms with Crippen molar-refractivity contribution < 1.29 is 14.3 Å². The summed E-state index contributed by atoms with van der Waals surface area (Å²) in [6.07, 6.45) is 1.27. The monoisotopic (exact) mass is 364 g/mol. The van der Waals surface area contributed by atoms with Crippen molar-refractivity contribution in [1.29, 1.82) is 0 Å². The molecular weight excluding hydrogens is 348 g/mol. The Morgan fingerprint density at radius 2 is 2.20 bits per heavy atom. The number of carbonyl (C=O) groups excluding carboxylic acids is 1. The first kappa shape index (κ1) is 17.2. The van der Waals surface area contributed by atoms with Gasteiger partial charge < -0.3 is 20.5 Å². The number of hydrogen-bond donors (Lipinski definition) is 2. The highest BCUT2D eigenvalue weighted by atomic mass is 79.9. The summed E-state index contributed by atoms with van der Waals surface area (Å²) in [7, 11) is 3.13. The second-order valence-corrected chi connectivity index (χ2v) is 5.49. The van der Waals surface area contributed by atoms with E-state index in [1.807, 2.05) is 0 Å². The van der Waals surface area contributed by atoms with Crippen molar-refractivity contribution in [3.63, 3.8) is 0 Å². The third-order valence-corrected chi connectivity index (χ3v) is 3.48. The fourth-order valence-electron chi connectivity index (χ4n) is 1.66. The van der Waals surface area contributed by atoms with Crippen LogP contribution < -0.4 is 15.8 Å². The molecule has 7 heteroatoms. The summed E-state index contributed by atoms with van der Waals surface area (Å²) in [5, 5.41) is 3.21. The van der Waals surface area contributed by atoms with Crippen LogP contribution in [0.15, 0.2) is 16.6 Å². The zero-order valence-corrected chi connectivity index (χ0v) is 13.8. The maximum absolute atomic E-state index is 12.0. The molecule has 0 aliphatic carbocycles. The fraction of sp³-hybridized carbons (Fsp3) is 0.462. The molecule has 1 aromatic rings. The molecule has 112 valence electrons. The van der Waals surface area contributed by atoms with Crippen LogP contribution in [0.3, 0.4) is 0 Å². The van der Waals surface area contributed by atoms with Gasteiger partial charge in [0.15, 0.2) is 5.75 Å². The number of hydrogen-bond acceptors (Lipinski definition) is 4. The number of nitrogens with one attached hydrogen (secondary N) is 1. The molecule has 0 bridgehead atoms. The van der Waals surface area contributed by atoms with E-state index in [4.69, 9.17) is 26.8 Å². The van der Waals surface area contributed by atoms with Crippen LogP contribution in [-0.4, -0.2) is 32.8 Å². The molecule has 0 spiro atoms. The van der Waals surface area contributed by atoms with E-state index in [1.165, 1.54) is 7.11 Å². The van der Waals surface area contributed by atoms with Gasteiger partial charge in [-0.3, -0.25) is 4.79 Å². The molecule has 1 unspecified atom stereocenters. The minimum atomic E-state index is -0.604. The van der Waals surface area contributed by atoms with Crippen LogP contribution in [0.5, 0.6) is 5.75 Å². The first-order valence-corrected chi connectivity index (χ1v) is 7.25. The number of nitrogens with two attached hydrogens (primary N) is 1. The fourth-order valence-corrected chi connectivity index (χ4v) is 2.64. The van der Waals surface area contributed by atoms with Gasteiger partial charge in [0.1, 0.15) is 0 Å². The quantitative estimate of drug-likeness (QED) is 0.729. The summed E-state index contributed by atoms with van der Waals surface area (Å²) in [6, 6.07) is 2.70. The number of methoxy groups -OCH3 is 2. The molecular formula is C13H18BrClN2O3. The van der Waals surface area contributed by atoms with Gasteiger partial charge in [-0.25, -0.2) is 0 Å². The number of anilines is 1. The summed E-state index contributed by atoms with van der Waals surface area (Å²) in [4.78, 5) is 12.0. The number of carbonyl (C=O) groups is 1. The normalized spacial score (nSPS) is 12.1. The summed E-state index contributed by atoms with van der Waals surface area (Å²) < 4.78 is 10.8. The minimum absolute atomic E-state index is 0.284. The Hall–Kier alpha value is -0.820. The van der Waals surface area contributed by atoms with E-state index in [-0.39, 0.29) is 5.91 Å². The molecule has 5 nitrogen and oxygen atoms in total. The average molecular weight is 366 g/mol. The maximum Gasteiger partial charge on any atom is 0.241 e. The highest BCUT2D eigenvalue weighted by Gasteiger charge is 2.17. The van der Waals surface area contributed by atoms with Crippen molar-refractivity contribution in [2.24, 2.45) is 5.73 Å². The summed E-state index contributed by atoms with van der Waals surface area (Å²) in [5.41, 5.74) is 6.31.